The van der Waals surface area contributed by atoms with Gasteiger partial charge in [-0.3, -0.25) is 4.79 Å². The van der Waals surface area contributed by atoms with Gasteiger partial charge in [-0.25, -0.2) is 9.44 Å². The highest BCUT2D eigenvalue weighted by Crippen LogP contribution is 1.86. The normalized spacial score (nSPS) is 14.0. The minimum atomic E-state index is -3.49. The molecule has 5 N–H and O–H groups in total. The monoisotopic (exact) mass is 211 g/mol. The number of hydrogen-bond donors (Lipinski definition) is 4. The topological polar surface area (TPSA) is 122 Å². The predicted molar refractivity (Wildman–Crippen MR) is 46.2 cm³/mol. The van der Waals surface area contributed by atoms with E-state index in [0.717, 1.165) is 0 Å². The van der Waals surface area contributed by atoms with Gasteiger partial charge in [-0.15, -0.1) is 0 Å². The van der Waals surface area contributed by atoms with Crippen molar-refractivity contribution in [1.29, 1.82) is 0 Å². The summed E-state index contributed by atoms with van der Waals surface area (Å²) in [6, 6.07) is -1.04. The molecule has 0 radical (unpaired) electrons. The van der Waals surface area contributed by atoms with E-state index in [2.05, 4.69) is 4.72 Å². The Kier molecular flexibility index (Phi) is 4.85. The van der Waals surface area contributed by atoms with Crippen LogP contribution in [0.5, 0.6) is 0 Å². The summed E-state index contributed by atoms with van der Waals surface area (Å²) in [6.45, 7) is -0.00333. The lowest BCUT2D eigenvalue weighted by molar-refractivity contribution is -0.138. The van der Waals surface area contributed by atoms with Gasteiger partial charge in [-0.2, -0.15) is 8.42 Å². The zero-order valence-corrected chi connectivity index (χ0v) is 7.97. The van der Waals surface area contributed by atoms with Gasteiger partial charge >= 0.3 is 5.97 Å². The number of rotatable bonds is 6. The van der Waals surface area contributed by atoms with Crippen LogP contribution in [-0.2, 0) is 15.0 Å². The zero-order valence-electron chi connectivity index (χ0n) is 7.15. The SMILES string of the molecule is CNS(=O)(=O)NCCC(N)C(=O)O. The molecular weight excluding hydrogens is 198 g/mol. The fourth-order valence-electron chi connectivity index (χ4n) is 0.544. The van der Waals surface area contributed by atoms with Crippen molar-refractivity contribution >= 4 is 16.2 Å². The predicted octanol–water partition coefficient (Wildman–Crippen LogP) is -2.16. The Morgan fingerprint density at radius 2 is 2.15 bits per heavy atom. The molecular formula is C5H13N3O4S. The Morgan fingerprint density at radius 1 is 1.62 bits per heavy atom. The minimum Gasteiger partial charge on any atom is -0.480 e. The molecule has 0 aromatic heterocycles. The molecule has 0 rings (SSSR count). The van der Waals surface area contributed by atoms with Gasteiger partial charge < -0.3 is 10.8 Å². The van der Waals surface area contributed by atoms with Gasteiger partial charge in [-0.1, -0.05) is 0 Å². The van der Waals surface area contributed by atoms with Gasteiger partial charge in [0.25, 0.3) is 10.2 Å². The maximum Gasteiger partial charge on any atom is 0.320 e. The van der Waals surface area contributed by atoms with Crippen molar-refractivity contribution in [2.75, 3.05) is 13.6 Å². The lowest BCUT2D eigenvalue weighted by atomic mass is 10.2. The summed E-state index contributed by atoms with van der Waals surface area (Å²) in [6.07, 6.45) is 0.0518. The molecule has 1 atom stereocenters. The second kappa shape index (κ2) is 5.12. The van der Waals surface area contributed by atoms with Crippen molar-refractivity contribution < 1.29 is 18.3 Å². The van der Waals surface area contributed by atoms with Crippen LogP contribution in [-0.4, -0.2) is 39.1 Å². The van der Waals surface area contributed by atoms with Crippen LogP contribution in [0.3, 0.4) is 0 Å². The summed E-state index contributed by atoms with van der Waals surface area (Å²) < 4.78 is 25.6. The first kappa shape index (κ1) is 12.3. The van der Waals surface area contributed by atoms with Crippen molar-refractivity contribution in [2.24, 2.45) is 5.73 Å². The molecule has 7 nitrogen and oxygen atoms in total. The number of carbonyl (C=O) groups is 1. The van der Waals surface area contributed by atoms with E-state index in [-0.39, 0.29) is 13.0 Å². The van der Waals surface area contributed by atoms with Crippen LogP contribution in [0.2, 0.25) is 0 Å². The summed E-state index contributed by atoms with van der Waals surface area (Å²) in [7, 11) is -2.24. The van der Waals surface area contributed by atoms with Crippen LogP contribution in [0, 0.1) is 0 Å². The maximum absolute atomic E-state index is 10.7. The third kappa shape index (κ3) is 5.53. The van der Waals surface area contributed by atoms with Crippen LogP contribution in [0.15, 0.2) is 0 Å². The molecule has 0 fully saturated rings. The summed E-state index contributed by atoms with van der Waals surface area (Å²) >= 11 is 0. The maximum atomic E-state index is 10.7. The van der Waals surface area contributed by atoms with Crippen molar-refractivity contribution in [3.8, 4) is 0 Å². The van der Waals surface area contributed by atoms with Crippen molar-refractivity contribution in [3.63, 3.8) is 0 Å². The standard InChI is InChI=1S/C5H13N3O4S/c1-7-13(11,12)8-3-2-4(6)5(9)10/h4,7-8H,2-3,6H2,1H3,(H,9,10). The van der Waals surface area contributed by atoms with E-state index in [1.165, 1.54) is 7.05 Å². The van der Waals surface area contributed by atoms with E-state index in [0.29, 0.717) is 0 Å². The van der Waals surface area contributed by atoms with E-state index in [4.69, 9.17) is 10.8 Å². The van der Waals surface area contributed by atoms with E-state index >= 15 is 0 Å². The Labute approximate surface area is 76.5 Å². The molecule has 0 spiro atoms. The molecule has 0 amide bonds. The smallest absolute Gasteiger partial charge is 0.320 e. The van der Waals surface area contributed by atoms with Crippen molar-refractivity contribution in [2.45, 2.75) is 12.5 Å². The Bertz CT molecular complexity index is 263. The number of aliphatic carboxylic acids is 1. The van der Waals surface area contributed by atoms with E-state index < -0.39 is 22.2 Å². The third-order valence-electron chi connectivity index (χ3n) is 1.33. The minimum absolute atomic E-state index is 0.00333. The van der Waals surface area contributed by atoms with Crippen molar-refractivity contribution in [1.82, 2.24) is 9.44 Å². The van der Waals surface area contributed by atoms with Crippen LogP contribution in [0.25, 0.3) is 0 Å². The number of nitrogens with one attached hydrogen (secondary N) is 2. The molecule has 0 aliphatic carbocycles. The molecule has 78 valence electrons. The number of nitrogens with two attached hydrogens (primary N) is 1. The summed E-state index contributed by atoms with van der Waals surface area (Å²) in [5, 5.41) is 8.35. The first-order chi connectivity index (χ1) is 5.89. The molecule has 0 saturated carbocycles. The molecule has 13 heavy (non-hydrogen) atoms. The first-order valence-corrected chi connectivity index (χ1v) is 5.04. The number of carboxylic acid groups (broad SMARTS) is 1. The molecule has 1 unspecified atom stereocenters. The fraction of sp³-hybridized carbons (Fsp3) is 0.800. The molecule has 0 heterocycles. The fourth-order valence-corrected chi connectivity index (χ4v) is 1.08. The second-order valence-electron chi connectivity index (χ2n) is 2.34. The van der Waals surface area contributed by atoms with Gasteiger partial charge in [0.05, 0.1) is 0 Å². The second-order valence-corrected chi connectivity index (χ2v) is 4.04. The van der Waals surface area contributed by atoms with Gasteiger partial charge in [0, 0.05) is 13.6 Å². The average Bonchev–Trinajstić information content (AvgIpc) is 2.04. The lowest BCUT2D eigenvalue weighted by Gasteiger charge is -2.07. The van der Waals surface area contributed by atoms with Gasteiger partial charge in [0.1, 0.15) is 6.04 Å². The highest BCUT2D eigenvalue weighted by atomic mass is 32.2. The highest BCUT2D eigenvalue weighted by molar-refractivity contribution is 7.87. The lowest BCUT2D eigenvalue weighted by Crippen LogP contribution is -2.39. The molecule has 0 aromatic rings. The van der Waals surface area contributed by atoms with Gasteiger partial charge in [0.15, 0.2) is 0 Å². The Hall–Kier alpha value is -0.700. The van der Waals surface area contributed by atoms with Crippen LogP contribution in [0.4, 0.5) is 0 Å². The number of hydrogen-bond acceptors (Lipinski definition) is 4. The summed E-state index contributed by atoms with van der Waals surface area (Å²) in [5.41, 5.74) is 5.13. The number of carboxylic acids is 1. The molecule has 0 aliphatic rings. The van der Waals surface area contributed by atoms with E-state index in [1.807, 2.05) is 4.72 Å². The van der Waals surface area contributed by atoms with Crippen LogP contribution < -0.4 is 15.2 Å². The molecule has 8 heteroatoms. The molecule has 0 aliphatic heterocycles. The van der Waals surface area contributed by atoms with Gasteiger partial charge in [-0.05, 0) is 6.42 Å². The Balaban J connectivity index is 3.75. The third-order valence-corrected chi connectivity index (χ3v) is 2.45. The highest BCUT2D eigenvalue weighted by Gasteiger charge is 2.12. The Morgan fingerprint density at radius 3 is 2.54 bits per heavy atom. The average molecular weight is 211 g/mol. The summed E-state index contributed by atoms with van der Waals surface area (Å²) in [5.74, 6) is -1.15. The van der Waals surface area contributed by atoms with Crippen LogP contribution in [0.1, 0.15) is 6.42 Å². The van der Waals surface area contributed by atoms with Crippen molar-refractivity contribution in [3.05, 3.63) is 0 Å². The largest absolute Gasteiger partial charge is 0.480 e. The van der Waals surface area contributed by atoms with Crippen LogP contribution >= 0.6 is 0 Å². The molecule has 0 bridgehead atoms. The zero-order chi connectivity index (χ0) is 10.5. The van der Waals surface area contributed by atoms with Gasteiger partial charge in [0.2, 0.25) is 0 Å². The van der Waals surface area contributed by atoms with E-state index in [9.17, 15) is 13.2 Å². The quantitative estimate of drug-likeness (QED) is 0.399. The molecule has 0 saturated heterocycles. The first-order valence-electron chi connectivity index (χ1n) is 3.55. The molecule has 0 aromatic carbocycles. The van der Waals surface area contributed by atoms with E-state index in [1.54, 1.807) is 0 Å². The summed E-state index contributed by atoms with van der Waals surface area (Å²) in [4.78, 5) is 10.2.